The molecule has 27 heavy (non-hydrogen) atoms. The fourth-order valence-electron chi connectivity index (χ4n) is 3.69. The van der Waals surface area contributed by atoms with Gasteiger partial charge >= 0.3 is 5.97 Å². The summed E-state index contributed by atoms with van der Waals surface area (Å²) in [6.07, 6.45) is 5.46. The first-order chi connectivity index (χ1) is 13.3. The van der Waals surface area contributed by atoms with Crippen molar-refractivity contribution in [3.05, 3.63) is 48.0 Å². The topological polar surface area (TPSA) is 44.8 Å². The Morgan fingerprint density at radius 1 is 1.19 bits per heavy atom. The van der Waals surface area contributed by atoms with E-state index in [0.717, 1.165) is 38.7 Å². The predicted molar refractivity (Wildman–Crippen MR) is 107 cm³/mol. The molecule has 1 saturated heterocycles. The van der Waals surface area contributed by atoms with Crippen molar-refractivity contribution in [2.24, 2.45) is 5.92 Å². The molecule has 0 amide bonds. The highest BCUT2D eigenvalue weighted by atomic mass is 16.7. The molecule has 2 aromatic rings. The van der Waals surface area contributed by atoms with Crippen LogP contribution in [0.3, 0.4) is 0 Å². The highest BCUT2D eigenvalue weighted by Crippen LogP contribution is 2.24. The Hall–Kier alpha value is -1.91. The summed E-state index contributed by atoms with van der Waals surface area (Å²) in [7, 11) is 0. The molecular weight excluding hydrogens is 340 g/mol. The highest BCUT2D eigenvalue weighted by Gasteiger charge is 2.21. The first-order valence-corrected chi connectivity index (χ1v) is 10.1. The van der Waals surface area contributed by atoms with E-state index in [2.05, 4.69) is 30.3 Å². The molecule has 1 aliphatic heterocycles. The highest BCUT2D eigenvalue weighted by molar-refractivity contribution is 5.86. The molecular formula is C23H30O4. The van der Waals surface area contributed by atoms with Crippen LogP contribution in [0.1, 0.15) is 44.6 Å². The summed E-state index contributed by atoms with van der Waals surface area (Å²) in [6.45, 7) is 3.68. The van der Waals surface area contributed by atoms with Gasteiger partial charge in [-0.25, -0.2) is 0 Å². The van der Waals surface area contributed by atoms with Crippen molar-refractivity contribution in [3.63, 3.8) is 0 Å². The quantitative estimate of drug-likeness (QED) is 0.466. The summed E-state index contributed by atoms with van der Waals surface area (Å²) in [5.41, 5.74) is 1.20. The zero-order chi connectivity index (χ0) is 18.9. The second kappa shape index (κ2) is 10.4. The molecule has 0 aromatic heterocycles. The fraction of sp³-hybridized carbons (Fsp3) is 0.522. The number of benzene rings is 2. The average Bonchev–Trinajstić information content (AvgIpc) is 2.71. The van der Waals surface area contributed by atoms with Crippen LogP contribution in [0, 0.1) is 5.92 Å². The van der Waals surface area contributed by atoms with Crippen LogP contribution in [0.2, 0.25) is 0 Å². The van der Waals surface area contributed by atoms with Crippen molar-refractivity contribution in [1.82, 2.24) is 0 Å². The lowest BCUT2D eigenvalue weighted by Crippen LogP contribution is -2.24. The van der Waals surface area contributed by atoms with Crippen LogP contribution in [0.15, 0.2) is 42.5 Å². The molecule has 3 rings (SSSR count). The Morgan fingerprint density at radius 2 is 2.04 bits per heavy atom. The van der Waals surface area contributed by atoms with E-state index in [0.29, 0.717) is 19.6 Å². The van der Waals surface area contributed by atoms with E-state index in [1.807, 2.05) is 19.1 Å². The summed E-state index contributed by atoms with van der Waals surface area (Å²) in [5, 5.41) is 2.41. The van der Waals surface area contributed by atoms with Gasteiger partial charge in [0.2, 0.25) is 0 Å². The molecule has 4 nitrogen and oxygen atoms in total. The van der Waals surface area contributed by atoms with Gasteiger partial charge in [0.15, 0.2) is 6.29 Å². The minimum atomic E-state index is -0.147. The average molecular weight is 370 g/mol. The Kier molecular flexibility index (Phi) is 7.66. The predicted octanol–water partition coefficient (Wildman–Crippen LogP) is 4.89. The van der Waals surface area contributed by atoms with Crippen molar-refractivity contribution in [3.8, 4) is 0 Å². The molecule has 1 aliphatic rings. The SMILES string of the molecule is CCOC(=O)C(CCCOC1CCCCO1)Cc1cccc2ccccc12. The van der Waals surface area contributed by atoms with Gasteiger partial charge in [-0.05, 0) is 61.8 Å². The Bertz CT molecular complexity index is 716. The Labute approximate surface area is 161 Å². The number of hydrogen-bond acceptors (Lipinski definition) is 4. The van der Waals surface area contributed by atoms with E-state index in [-0.39, 0.29) is 18.2 Å². The second-order valence-corrected chi connectivity index (χ2v) is 7.10. The summed E-state index contributed by atoms with van der Waals surface area (Å²) < 4.78 is 16.8. The van der Waals surface area contributed by atoms with Crippen molar-refractivity contribution in [2.75, 3.05) is 19.8 Å². The molecule has 4 heteroatoms. The smallest absolute Gasteiger partial charge is 0.309 e. The lowest BCUT2D eigenvalue weighted by Gasteiger charge is -2.23. The number of fused-ring (bicyclic) bond motifs is 1. The number of carbonyl (C=O) groups excluding carboxylic acids is 1. The molecule has 2 atom stereocenters. The van der Waals surface area contributed by atoms with Crippen LogP contribution in [0.5, 0.6) is 0 Å². The van der Waals surface area contributed by atoms with E-state index < -0.39 is 0 Å². The number of hydrogen-bond donors (Lipinski definition) is 0. The molecule has 1 fully saturated rings. The summed E-state index contributed by atoms with van der Waals surface area (Å²) in [5.74, 6) is -0.258. The fourth-order valence-corrected chi connectivity index (χ4v) is 3.69. The van der Waals surface area contributed by atoms with Gasteiger partial charge in [0.1, 0.15) is 0 Å². The number of esters is 1. The Morgan fingerprint density at radius 3 is 2.85 bits per heavy atom. The van der Waals surface area contributed by atoms with Crippen LogP contribution < -0.4 is 0 Å². The van der Waals surface area contributed by atoms with Gasteiger partial charge in [-0.3, -0.25) is 4.79 Å². The number of carbonyl (C=O) groups is 1. The van der Waals surface area contributed by atoms with Gasteiger partial charge in [-0.15, -0.1) is 0 Å². The van der Waals surface area contributed by atoms with Crippen LogP contribution in [-0.2, 0) is 25.4 Å². The van der Waals surface area contributed by atoms with Gasteiger partial charge in [-0.2, -0.15) is 0 Å². The van der Waals surface area contributed by atoms with Crippen LogP contribution >= 0.6 is 0 Å². The maximum atomic E-state index is 12.5. The second-order valence-electron chi connectivity index (χ2n) is 7.10. The minimum Gasteiger partial charge on any atom is -0.466 e. The normalized spacial score (nSPS) is 18.3. The van der Waals surface area contributed by atoms with Gasteiger partial charge in [0.05, 0.1) is 12.5 Å². The first kappa shape index (κ1) is 19.8. The van der Waals surface area contributed by atoms with E-state index in [9.17, 15) is 4.79 Å². The Balaban J connectivity index is 1.59. The third-order valence-corrected chi connectivity index (χ3v) is 5.10. The van der Waals surface area contributed by atoms with Crippen molar-refractivity contribution >= 4 is 16.7 Å². The monoisotopic (exact) mass is 370 g/mol. The maximum absolute atomic E-state index is 12.5. The number of ether oxygens (including phenoxy) is 3. The van der Waals surface area contributed by atoms with E-state index in [1.165, 1.54) is 16.3 Å². The molecule has 146 valence electrons. The standard InChI is InChI=1S/C23H30O4/c1-2-25-23(24)20(12-8-16-27-22-14-5-6-15-26-22)17-19-11-7-10-18-9-3-4-13-21(18)19/h3-4,7,9-11,13,20,22H,2,5-6,8,12,14-17H2,1H3. The number of rotatable bonds is 9. The van der Waals surface area contributed by atoms with Crippen molar-refractivity contribution in [2.45, 2.75) is 51.7 Å². The third kappa shape index (κ3) is 5.78. The van der Waals surface area contributed by atoms with Crippen LogP contribution in [-0.4, -0.2) is 32.1 Å². The summed E-state index contributed by atoms with van der Waals surface area (Å²) in [4.78, 5) is 12.5. The first-order valence-electron chi connectivity index (χ1n) is 10.1. The van der Waals surface area contributed by atoms with E-state index >= 15 is 0 Å². The zero-order valence-electron chi connectivity index (χ0n) is 16.2. The molecule has 2 aromatic carbocycles. The molecule has 0 saturated carbocycles. The minimum absolute atomic E-state index is 0.0714. The third-order valence-electron chi connectivity index (χ3n) is 5.10. The molecule has 0 radical (unpaired) electrons. The molecule has 0 aliphatic carbocycles. The molecule has 0 spiro atoms. The van der Waals surface area contributed by atoms with Crippen molar-refractivity contribution in [1.29, 1.82) is 0 Å². The summed E-state index contributed by atoms with van der Waals surface area (Å²) >= 11 is 0. The van der Waals surface area contributed by atoms with E-state index in [4.69, 9.17) is 14.2 Å². The van der Waals surface area contributed by atoms with Gasteiger partial charge in [-0.1, -0.05) is 42.5 Å². The molecule has 0 N–H and O–H groups in total. The maximum Gasteiger partial charge on any atom is 0.309 e. The largest absolute Gasteiger partial charge is 0.466 e. The van der Waals surface area contributed by atoms with Crippen molar-refractivity contribution < 1.29 is 19.0 Å². The van der Waals surface area contributed by atoms with Gasteiger partial charge in [0, 0.05) is 13.2 Å². The van der Waals surface area contributed by atoms with Crippen LogP contribution in [0.4, 0.5) is 0 Å². The van der Waals surface area contributed by atoms with Gasteiger partial charge in [0.25, 0.3) is 0 Å². The lowest BCUT2D eigenvalue weighted by molar-refractivity contribution is -0.163. The lowest BCUT2D eigenvalue weighted by atomic mass is 9.92. The van der Waals surface area contributed by atoms with Crippen LogP contribution in [0.25, 0.3) is 10.8 Å². The summed E-state index contributed by atoms with van der Waals surface area (Å²) in [6, 6.07) is 14.6. The molecule has 1 heterocycles. The van der Waals surface area contributed by atoms with E-state index in [1.54, 1.807) is 0 Å². The van der Waals surface area contributed by atoms with Gasteiger partial charge < -0.3 is 14.2 Å². The molecule has 2 unspecified atom stereocenters. The zero-order valence-corrected chi connectivity index (χ0v) is 16.2. The molecule has 0 bridgehead atoms.